The van der Waals surface area contributed by atoms with E-state index >= 15 is 0 Å². The average molecular weight is 585 g/mol. The van der Waals surface area contributed by atoms with Crippen molar-refractivity contribution in [2.45, 2.75) is 115 Å². The van der Waals surface area contributed by atoms with Gasteiger partial charge in [-0.2, -0.15) is 0 Å². The van der Waals surface area contributed by atoms with E-state index in [-0.39, 0.29) is 5.56 Å². The maximum Gasteiger partial charge on any atom is 0.338 e. The fraction of sp³-hybridized carbons (Fsp3) is 0.588. The molecule has 8 nitrogen and oxygen atoms in total. The van der Waals surface area contributed by atoms with Crippen molar-refractivity contribution in [1.82, 2.24) is 0 Å². The molecule has 0 aromatic heterocycles. The molecular formula is C34H48O8. The predicted octanol–water partition coefficient (Wildman–Crippen LogP) is 6.23. The molecule has 0 spiro atoms. The van der Waals surface area contributed by atoms with Crippen LogP contribution in [0.1, 0.15) is 105 Å². The number of rotatable bonds is 19. The molecule has 1 aliphatic rings. The van der Waals surface area contributed by atoms with Crippen molar-refractivity contribution in [2.24, 2.45) is 0 Å². The molecule has 1 aliphatic heterocycles. The van der Waals surface area contributed by atoms with Gasteiger partial charge in [-0.15, -0.1) is 0 Å². The fourth-order valence-corrected chi connectivity index (χ4v) is 5.12. The Kier molecular flexibility index (Phi) is 15.6. The highest BCUT2D eigenvalue weighted by molar-refractivity contribution is 5.90. The van der Waals surface area contributed by atoms with Crippen LogP contribution in [0, 0.1) is 0 Å². The van der Waals surface area contributed by atoms with Crippen LogP contribution < -0.4 is 0 Å². The topological polar surface area (TPSA) is 112 Å². The summed E-state index contributed by atoms with van der Waals surface area (Å²) in [6.07, 6.45) is 8.31. The van der Waals surface area contributed by atoms with E-state index in [9.17, 15) is 19.8 Å². The lowest BCUT2D eigenvalue weighted by Crippen LogP contribution is -2.61. The lowest BCUT2D eigenvalue weighted by atomic mass is 9.98. The van der Waals surface area contributed by atoms with Crippen molar-refractivity contribution < 1.29 is 38.7 Å². The van der Waals surface area contributed by atoms with Crippen LogP contribution in [0.15, 0.2) is 60.7 Å². The van der Waals surface area contributed by atoms with Gasteiger partial charge in [-0.3, -0.25) is 0 Å². The van der Waals surface area contributed by atoms with E-state index in [1.54, 1.807) is 60.7 Å². The summed E-state index contributed by atoms with van der Waals surface area (Å²) < 4.78 is 23.1. The number of carbonyl (C=O) groups is 2. The monoisotopic (exact) mass is 584 g/mol. The zero-order valence-electron chi connectivity index (χ0n) is 24.9. The second kappa shape index (κ2) is 19.4. The molecular weight excluding hydrogens is 536 g/mol. The molecule has 2 aromatic rings. The minimum absolute atomic E-state index is 0.282. The number of hydrogen-bond acceptors (Lipinski definition) is 8. The molecule has 8 heteroatoms. The van der Waals surface area contributed by atoms with Gasteiger partial charge in [-0.25, -0.2) is 9.59 Å². The smallest absolute Gasteiger partial charge is 0.338 e. The van der Waals surface area contributed by atoms with Gasteiger partial charge in [0.25, 0.3) is 0 Å². The van der Waals surface area contributed by atoms with E-state index in [2.05, 4.69) is 6.92 Å². The molecule has 2 aromatic carbocycles. The van der Waals surface area contributed by atoms with Gasteiger partial charge in [0, 0.05) is 6.61 Å². The number of carbonyl (C=O) groups excluding carboxylic acids is 2. The molecule has 1 fully saturated rings. The van der Waals surface area contributed by atoms with Crippen molar-refractivity contribution in [3.63, 3.8) is 0 Å². The summed E-state index contributed by atoms with van der Waals surface area (Å²) in [5.74, 6) is -1.36. The van der Waals surface area contributed by atoms with Crippen molar-refractivity contribution in [1.29, 1.82) is 0 Å². The number of ether oxygens (including phenoxy) is 4. The summed E-state index contributed by atoms with van der Waals surface area (Å²) in [5, 5.41) is 21.3. The van der Waals surface area contributed by atoms with Gasteiger partial charge in [-0.05, 0) is 30.7 Å². The molecule has 3 rings (SSSR count). The molecule has 232 valence electrons. The van der Waals surface area contributed by atoms with Gasteiger partial charge < -0.3 is 29.2 Å². The predicted molar refractivity (Wildman–Crippen MR) is 160 cm³/mol. The number of unbranched alkanes of at least 4 members (excludes halogenated alkanes) is 11. The number of benzene rings is 2. The van der Waals surface area contributed by atoms with Crippen LogP contribution in [0.4, 0.5) is 0 Å². The van der Waals surface area contributed by atoms with Crippen LogP contribution in [0.25, 0.3) is 0 Å². The van der Waals surface area contributed by atoms with Crippen LogP contribution in [0.2, 0.25) is 0 Å². The van der Waals surface area contributed by atoms with E-state index in [0.717, 1.165) is 19.3 Å². The van der Waals surface area contributed by atoms with Gasteiger partial charge in [0.15, 0.2) is 18.5 Å². The minimum atomic E-state index is -1.48. The summed E-state index contributed by atoms with van der Waals surface area (Å²) >= 11 is 0. The van der Waals surface area contributed by atoms with E-state index in [0.29, 0.717) is 12.2 Å². The summed E-state index contributed by atoms with van der Waals surface area (Å²) in [5.41, 5.74) is 0.580. The molecule has 0 amide bonds. The Labute approximate surface area is 250 Å². The van der Waals surface area contributed by atoms with Gasteiger partial charge >= 0.3 is 11.9 Å². The lowest BCUT2D eigenvalue weighted by Gasteiger charge is -2.42. The third-order valence-corrected chi connectivity index (χ3v) is 7.58. The highest BCUT2D eigenvalue weighted by Gasteiger charge is 2.50. The summed E-state index contributed by atoms with van der Waals surface area (Å²) in [7, 11) is 0. The Balaban J connectivity index is 1.52. The molecule has 5 atom stereocenters. The van der Waals surface area contributed by atoms with Gasteiger partial charge in [0.05, 0.1) is 17.7 Å². The van der Waals surface area contributed by atoms with Crippen molar-refractivity contribution >= 4 is 11.9 Å². The average Bonchev–Trinajstić information content (AvgIpc) is 3.02. The number of esters is 2. The zero-order valence-corrected chi connectivity index (χ0v) is 24.9. The van der Waals surface area contributed by atoms with Crippen LogP contribution >= 0.6 is 0 Å². The molecule has 0 unspecified atom stereocenters. The van der Waals surface area contributed by atoms with Crippen LogP contribution in [-0.2, 0) is 18.9 Å². The molecule has 42 heavy (non-hydrogen) atoms. The second-order valence-corrected chi connectivity index (χ2v) is 10.9. The summed E-state index contributed by atoms with van der Waals surface area (Å²) in [6, 6.07) is 16.7. The quantitative estimate of drug-likeness (QED) is 0.148. The lowest BCUT2D eigenvalue weighted by molar-refractivity contribution is -0.299. The number of aliphatic hydroxyl groups is 2. The van der Waals surface area contributed by atoms with Crippen LogP contribution in [0.3, 0.4) is 0 Å². The largest absolute Gasteiger partial charge is 0.453 e. The molecule has 2 N–H and O–H groups in total. The first-order chi connectivity index (χ1) is 20.5. The Morgan fingerprint density at radius 2 is 1.14 bits per heavy atom. The first-order valence-corrected chi connectivity index (χ1v) is 15.6. The Bertz CT molecular complexity index is 1010. The first kappa shape index (κ1) is 33.7. The van der Waals surface area contributed by atoms with E-state index in [4.69, 9.17) is 18.9 Å². The van der Waals surface area contributed by atoms with Crippen molar-refractivity contribution in [3.05, 3.63) is 71.8 Å². The van der Waals surface area contributed by atoms with Crippen LogP contribution in [-0.4, -0.2) is 66.1 Å². The fourth-order valence-electron chi connectivity index (χ4n) is 5.12. The third-order valence-electron chi connectivity index (χ3n) is 7.58. The summed E-state index contributed by atoms with van der Waals surface area (Å²) in [4.78, 5) is 25.6. The Morgan fingerprint density at radius 1 is 0.690 bits per heavy atom. The molecule has 0 saturated carbocycles. The summed E-state index contributed by atoms with van der Waals surface area (Å²) in [6.45, 7) is 2.05. The Morgan fingerprint density at radius 3 is 1.62 bits per heavy atom. The molecule has 0 aliphatic carbocycles. The standard InChI is InChI=1S/C34H48O8/c1-2-3-4-5-6-7-8-9-10-11-12-19-24-39-34-31(42-33(38)27-22-17-14-18-23-27)29(36)30(28(25-35)40-34)41-32(37)26-20-15-13-16-21-26/h13-18,20-23,28-31,34-36H,2-12,19,24-25H2,1H3/t28-,29+,30-,31+,34+/m1/s1. The van der Waals surface area contributed by atoms with E-state index in [1.807, 2.05) is 0 Å². The van der Waals surface area contributed by atoms with Gasteiger partial charge in [0.2, 0.25) is 0 Å². The Hall–Kier alpha value is -2.78. The van der Waals surface area contributed by atoms with E-state index in [1.165, 1.54) is 57.8 Å². The number of aliphatic hydroxyl groups excluding tert-OH is 2. The molecule has 0 bridgehead atoms. The molecule has 1 heterocycles. The maximum atomic E-state index is 12.9. The van der Waals surface area contributed by atoms with Gasteiger partial charge in [0.1, 0.15) is 12.2 Å². The van der Waals surface area contributed by atoms with Crippen molar-refractivity contribution in [3.8, 4) is 0 Å². The first-order valence-electron chi connectivity index (χ1n) is 15.6. The number of hydrogen-bond donors (Lipinski definition) is 2. The SMILES string of the molecule is CCCCCCCCCCCCCCO[C@H]1O[C@H](CO)[C@@H](OC(=O)c2ccccc2)[C@H](O)[C@@H]1OC(=O)c1ccccc1. The van der Waals surface area contributed by atoms with E-state index < -0.39 is 49.3 Å². The van der Waals surface area contributed by atoms with Crippen LogP contribution in [0.5, 0.6) is 0 Å². The highest BCUT2D eigenvalue weighted by Crippen LogP contribution is 2.28. The molecule has 0 radical (unpaired) electrons. The highest BCUT2D eigenvalue weighted by atomic mass is 16.7. The normalized spacial score (nSPS) is 22.0. The third kappa shape index (κ3) is 11.1. The second-order valence-electron chi connectivity index (χ2n) is 10.9. The molecule has 1 saturated heterocycles. The van der Waals surface area contributed by atoms with Crippen molar-refractivity contribution in [2.75, 3.05) is 13.2 Å². The maximum absolute atomic E-state index is 12.9. The van der Waals surface area contributed by atoms with Gasteiger partial charge in [-0.1, -0.05) is 114 Å². The minimum Gasteiger partial charge on any atom is -0.453 e. The zero-order chi connectivity index (χ0) is 30.0.